The van der Waals surface area contributed by atoms with Crippen LogP contribution in [0.2, 0.25) is 0 Å². The second kappa shape index (κ2) is 64.4. The lowest BCUT2D eigenvalue weighted by atomic mass is 9.93. The van der Waals surface area contributed by atoms with E-state index in [1.165, 1.54) is 89.5 Å². The molecule has 5 amide bonds. The quantitative estimate of drug-likeness (QED) is 0.0199. The molecule has 0 aromatic carbocycles. The molecule has 53 nitrogen and oxygen atoms in total. The van der Waals surface area contributed by atoms with Crippen LogP contribution < -0.4 is 26.6 Å². The third kappa shape index (κ3) is 35.7. The van der Waals surface area contributed by atoms with Crippen LogP contribution in [0, 0.1) is 0 Å². The maximum absolute atomic E-state index is 13.7. The van der Waals surface area contributed by atoms with E-state index in [9.17, 15) is 152 Å². The van der Waals surface area contributed by atoms with Crippen molar-refractivity contribution < 1.29 is 237 Å². The van der Waals surface area contributed by atoms with Gasteiger partial charge in [-0.15, -0.1) is 0 Å². The van der Waals surface area contributed by atoms with Crippen molar-refractivity contribution in [1.29, 1.82) is 0 Å². The number of amides is 5. The molecular weight excluding hydrogens is 1990 g/mol. The maximum Gasteiger partial charge on any atom is 0.220 e. The zero-order valence-corrected chi connectivity index (χ0v) is 85.3. The molecule has 0 radical (unpaired) electrons. The number of unbranched alkanes of at least 4 members (excludes halogenated alkanes) is 23. The van der Waals surface area contributed by atoms with Gasteiger partial charge in [-0.3, -0.25) is 24.0 Å². The van der Waals surface area contributed by atoms with Crippen LogP contribution in [-0.2, 0) is 109 Å². The number of allylic oxidation sites excluding steroid dienone is 1. The smallest absolute Gasteiger partial charge is 0.220 e. The van der Waals surface area contributed by atoms with E-state index in [2.05, 4.69) is 40.4 Å². The Hall–Kier alpha value is -4.63. The second-order valence-electron chi connectivity index (χ2n) is 39.9. The van der Waals surface area contributed by atoms with E-state index in [4.69, 9.17) is 85.3 Å². The van der Waals surface area contributed by atoms with Crippen molar-refractivity contribution in [3.63, 3.8) is 0 Å². The lowest BCUT2D eigenvalue weighted by molar-refractivity contribution is -0.389. The fourth-order valence-corrected chi connectivity index (χ4v) is 19.9. The minimum absolute atomic E-state index is 0.117. The van der Waals surface area contributed by atoms with E-state index < -0.39 is 384 Å². The fraction of sp³-hybridized carbons (Fsp3) is 0.927. The molecule has 9 heterocycles. The number of rotatable bonds is 61. The number of ether oxygens (including phenoxy) is 18. The predicted molar refractivity (Wildman–Crippen MR) is 506 cm³/mol. The van der Waals surface area contributed by atoms with Crippen molar-refractivity contribution in [2.45, 2.75) is 497 Å². The predicted octanol–water partition coefficient (Wildman–Crippen LogP) is -9.44. The summed E-state index contributed by atoms with van der Waals surface area (Å²) in [6.45, 7) is -2.35. The Balaban J connectivity index is 0.980. The largest absolute Gasteiger partial charge is 0.394 e. The van der Waals surface area contributed by atoms with Gasteiger partial charge in [0.1, 0.15) is 219 Å². The molecule has 18 unspecified atom stereocenters. The van der Waals surface area contributed by atoms with Crippen molar-refractivity contribution in [2.75, 3.05) is 66.1 Å². The highest BCUT2D eigenvalue weighted by atomic mass is 16.8. The molecule has 9 rings (SSSR count). The molecule has 0 spiro atoms. The molecule has 53 heteroatoms. The average Bonchev–Trinajstić information content (AvgIpc) is 0.756. The Labute approximate surface area is 864 Å². The highest BCUT2D eigenvalue weighted by Crippen LogP contribution is 2.41. The number of carbonyl (C=O) groups excluding carboxylic acids is 5. The highest BCUT2D eigenvalue weighted by molar-refractivity contribution is 5.76. The molecular formula is C96H169N5O48. The molecule has 0 aliphatic carbocycles. The number of aliphatic hydroxyl groups is 25. The first kappa shape index (κ1) is 128. The Morgan fingerprint density at radius 3 is 0.919 bits per heavy atom. The lowest BCUT2D eigenvalue weighted by Crippen LogP contribution is -2.71. The average molecular weight is 2160 g/mol. The number of aliphatic hydroxyl groups excluding tert-OH is 25. The summed E-state index contributed by atoms with van der Waals surface area (Å²) in [4.78, 5) is 66.7. The minimum Gasteiger partial charge on any atom is -0.394 e. The second-order valence-corrected chi connectivity index (χ2v) is 39.9. The third-order valence-electron chi connectivity index (χ3n) is 28.4. The SMILES string of the molecule is CCCCCCCCCCCCC/C=C/[C@@H](O)[C@H](CO[C@@H]1OC(CO)[C@@H](O[C@@H]2OC(CO)[C@H](O)[C@H](O[C@@H]3OC(CO)[C@@H](O)[C@H](O[C@@H]4OC(CO[C@@H]5OC(CO)[C@@H](O)[C@H](O[C@@H]6OC(CO)[C@H](O)[C@H](O)C6O)C5NC(C)=O)[C@H](O)[C@H](O[C@@H]5OC(CO)[C@@H](O)[C@H](O[C@@H]6OC(CO)[C@H](O)[C@H](O[C@H]7OC(CO)[C@H](O)[C@H](O)C7NC(C)=O)C6O)C5NC(C)=O)C4O)C3NC(C)=O)C2O)[C@H](O)C1O)NC(=O)CCCCCCCCCCCCCCC. The molecule has 0 aromatic heterocycles. The van der Waals surface area contributed by atoms with Crippen LogP contribution in [0.15, 0.2) is 12.2 Å². The van der Waals surface area contributed by atoms with Gasteiger partial charge in [-0.05, 0) is 19.3 Å². The van der Waals surface area contributed by atoms with E-state index in [0.717, 1.165) is 91.9 Å². The van der Waals surface area contributed by atoms with E-state index in [1.54, 1.807) is 6.08 Å². The van der Waals surface area contributed by atoms with Crippen molar-refractivity contribution in [2.24, 2.45) is 0 Å². The molecule has 866 valence electrons. The van der Waals surface area contributed by atoms with Gasteiger partial charge in [-0.2, -0.15) is 0 Å². The fourth-order valence-electron chi connectivity index (χ4n) is 19.9. The summed E-state index contributed by atoms with van der Waals surface area (Å²) in [6.07, 6.45) is -57.2. The Morgan fingerprint density at radius 2 is 0.544 bits per heavy atom. The summed E-state index contributed by atoms with van der Waals surface area (Å²) >= 11 is 0. The van der Waals surface area contributed by atoms with Gasteiger partial charge in [-0.1, -0.05) is 167 Å². The summed E-state index contributed by atoms with van der Waals surface area (Å²) in [5, 5.41) is 298. The zero-order chi connectivity index (χ0) is 109. The monoisotopic (exact) mass is 2160 g/mol. The molecule has 0 aromatic rings. The van der Waals surface area contributed by atoms with Crippen molar-refractivity contribution in [3.05, 3.63) is 12.2 Å². The van der Waals surface area contributed by atoms with Crippen LogP contribution in [0.25, 0.3) is 0 Å². The molecule has 0 saturated carbocycles. The topological polar surface area (TPSA) is 817 Å². The van der Waals surface area contributed by atoms with Crippen LogP contribution in [0.5, 0.6) is 0 Å². The van der Waals surface area contributed by atoms with Crippen LogP contribution >= 0.6 is 0 Å². The van der Waals surface area contributed by atoms with Crippen LogP contribution in [0.3, 0.4) is 0 Å². The molecule has 30 N–H and O–H groups in total. The van der Waals surface area contributed by atoms with E-state index in [1.807, 2.05) is 0 Å². The van der Waals surface area contributed by atoms with E-state index >= 15 is 0 Å². The van der Waals surface area contributed by atoms with Crippen molar-refractivity contribution in [3.8, 4) is 0 Å². The maximum atomic E-state index is 13.7. The van der Waals surface area contributed by atoms with Crippen molar-refractivity contribution >= 4 is 29.5 Å². The molecule has 9 saturated heterocycles. The Morgan fingerprint density at radius 1 is 0.268 bits per heavy atom. The number of carbonyl (C=O) groups is 5. The van der Waals surface area contributed by atoms with Gasteiger partial charge in [-0.25, -0.2) is 0 Å². The van der Waals surface area contributed by atoms with Gasteiger partial charge in [0.25, 0.3) is 0 Å². The van der Waals surface area contributed by atoms with Gasteiger partial charge in [0.05, 0.1) is 78.2 Å². The molecule has 9 fully saturated rings. The van der Waals surface area contributed by atoms with Crippen molar-refractivity contribution in [1.82, 2.24) is 26.6 Å². The first-order chi connectivity index (χ1) is 71.3. The standard InChI is InChI=1S/C96H169N5O48/c1-7-9-11-13-15-17-19-21-23-25-27-29-31-33-50(114)49(101-60(115)34-32-30-28-26-24-22-20-18-16-14-12-10-8-2)43-132-92-77(128)75(126)81(58(42-109)141-92)143-94-78(129)86(71(122)56(40-107)139-94)148-90-64(100-48(6)113)84(69(120)55(39-106)136-90)146-96-80(131)87(72(123)59(142-96)44-133-88-62(98-46(4)111)82(67(118)53(37-104)134-88)144-93-76(127)74(125)66(117)52(36-103)138-93)149-91-63(99-47(5)112)83(68(119)54(38-105)137-91)145-95-79(130)85(70(121)57(41-108)140-95)147-89-61(97-45(3)110)73(124)65(116)51(35-102)135-89/h31,33,49-59,61-96,102-109,114,116-131H,7-30,32,34-44H2,1-6H3,(H,97,110)(H,98,111)(H,99,112)(H,100,113)(H,101,115)/b33-31+/t49-,50+,51?,52?,53?,54?,55?,56?,57?,58?,59?,61?,62?,63?,64?,65-,66-,67+,68+,69+,70-,71-,72-,73+,74-,75+,76?,77?,78?,79?,80?,81+,82+,83+,84+,85-,86-,87-,88+,89+,90-,91-,92+,93-,94-,95-,96-/m0/s1. The molecule has 47 atom stereocenters. The van der Waals surface area contributed by atoms with Crippen LogP contribution in [0.4, 0.5) is 0 Å². The van der Waals surface area contributed by atoms with Gasteiger partial charge in [0.2, 0.25) is 29.5 Å². The summed E-state index contributed by atoms with van der Waals surface area (Å²) in [7, 11) is 0. The summed E-state index contributed by atoms with van der Waals surface area (Å²) < 4.78 is 109. The Bertz CT molecular complexity index is 3840. The lowest BCUT2D eigenvalue weighted by Gasteiger charge is -2.51. The normalized spacial score (nSPS) is 40.2. The molecule has 0 bridgehead atoms. The summed E-state index contributed by atoms with van der Waals surface area (Å²) in [5.41, 5.74) is 0. The van der Waals surface area contributed by atoms with E-state index in [0.29, 0.717) is 12.8 Å². The van der Waals surface area contributed by atoms with Crippen LogP contribution in [-0.4, -0.2) is 512 Å². The highest BCUT2D eigenvalue weighted by Gasteiger charge is 2.62. The van der Waals surface area contributed by atoms with Gasteiger partial charge in [0.15, 0.2) is 56.6 Å². The van der Waals surface area contributed by atoms with E-state index in [-0.39, 0.29) is 6.42 Å². The summed E-state index contributed by atoms with van der Waals surface area (Å²) in [6, 6.07) is -8.93. The van der Waals surface area contributed by atoms with Gasteiger partial charge < -0.3 is 240 Å². The zero-order valence-electron chi connectivity index (χ0n) is 85.3. The summed E-state index contributed by atoms with van der Waals surface area (Å²) in [5.74, 6) is -4.23. The minimum atomic E-state index is -2.63. The number of hydrogen-bond donors (Lipinski definition) is 30. The Kier molecular flexibility index (Phi) is 55.3. The molecule has 9 aliphatic heterocycles. The third-order valence-corrected chi connectivity index (χ3v) is 28.4. The first-order valence-corrected chi connectivity index (χ1v) is 52.5. The molecule has 149 heavy (non-hydrogen) atoms. The first-order valence-electron chi connectivity index (χ1n) is 52.5. The molecule has 9 aliphatic rings. The van der Waals surface area contributed by atoms with Crippen LogP contribution in [0.1, 0.15) is 208 Å². The van der Waals surface area contributed by atoms with Gasteiger partial charge >= 0.3 is 0 Å². The number of hydrogen-bond acceptors (Lipinski definition) is 48. The number of nitrogens with one attached hydrogen (secondary N) is 5. The van der Waals surface area contributed by atoms with Gasteiger partial charge in [0, 0.05) is 34.1 Å².